The molecule has 3 N–H and O–H groups in total. The number of urea groups is 1. The van der Waals surface area contributed by atoms with Crippen LogP contribution in [0.4, 0.5) is 22.0 Å². The van der Waals surface area contributed by atoms with Gasteiger partial charge in [-0.1, -0.05) is 41.4 Å². The van der Waals surface area contributed by atoms with E-state index in [1.807, 2.05) is 12.1 Å². The van der Waals surface area contributed by atoms with Crippen LogP contribution in [-0.2, 0) is 0 Å². The number of rotatable bonds is 6. The molecule has 0 bridgehead atoms. The highest BCUT2D eigenvalue weighted by Gasteiger charge is 2.22. The molecule has 2 aromatic carbocycles. The van der Waals surface area contributed by atoms with Crippen molar-refractivity contribution in [2.75, 3.05) is 36.2 Å². The van der Waals surface area contributed by atoms with Crippen molar-refractivity contribution in [3.63, 3.8) is 0 Å². The van der Waals surface area contributed by atoms with Gasteiger partial charge in [-0.25, -0.2) is 9.78 Å². The summed E-state index contributed by atoms with van der Waals surface area (Å²) >= 11 is 12.0. The molecule has 6 nitrogen and oxygen atoms in total. The Morgan fingerprint density at radius 3 is 2.42 bits per heavy atom. The molecule has 2 amide bonds. The third-order valence-electron chi connectivity index (χ3n) is 6.05. The number of nitrogens with zero attached hydrogens (tertiary/aromatic N) is 2. The number of hydrogen-bond acceptors (Lipinski definition) is 4. The molecule has 174 valence electrons. The number of pyridine rings is 1. The molecule has 1 fully saturated rings. The predicted molar refractivity (Wildman–Crippen MR) is 139 cm³/mol. The Bertz CT molecular complexity index is 1110. The summed E-state index contributed by atoms with van der Waals surface area (Å²) in [5.74, 6) is 1.37. The SMILES string of the molecule is CN(C)c1cc(N[C@H]2CC[C@@H](CNC(=O)Nc3cc(Cl)cc(Cl)c3)CC2)nc2ccccc12. The molecule has 1 aromatic heterocycles. The van der Waals surface area contributed by atoms with E-state index in [9.17, 15) is 4.79 Å². The van der Waals surface area contributed by atoms with Crippen molar-refractivity contribution in [2.45, 2.75) is 31.7 Å². The zero-order valence-electron chi connectivity index (χ0n) is 18.9. The molecule has 1 heterocycles. The number of halogens is 2. The molecule has 0 atom stereocenters. The highest BCUT2D eigenvalue weighted by Crippen LogP contribution is 2.30. The number of carbonyl (C=O) groups excluding carboxylic acids is 1. The first-order valence-electron chi connectivity index (χ1n) is 11.2. The highest BCUT2D eigenvalue weighted by molar-refractivity contribution is 6.35. The van der Waals surface area contributed by atoms with Crippen molar-refractivity contribution >= 4 is 57.3 Å². The zero-order valence-corrected chi connectivity index (χ0v) is 20.4. The summed E-state index contributed by atoms with van der Waals surface area (Å²) in [5, 5.41) is 11.5. The number of aromatic nitrogens is 1. The minimum absolute atomic E-state index is 0.245. The summed E-state index contributed by atoms with van der Waals surface area (Å²) in [6.07, 6.45) is 4.19. The summed E-state index contributed by atoms with van der Waals surface area (Å²) in [7, 11) is 4.11. The Hall–Kier alpha value is -2.70. The fourth-order valence-corrected chi connectivity index (χ4v) is 4.89. The molecular formula is C25H29Cl2N5O. The van der Waals surface area contributed by atoms with Gasteiger partial charge in [-0.2, -0.15) is 0 Å². The standard InChI is InChI=1S/C25H29Cl2N5O/c1-32(2)23-14-24(31-22-6-4-3-5-21(22)23)29-19-9-7-16(8-10-19)15-28-25(33)30-20-12-17(26)11-18(27)13-20/h3-6,11-14,16,19H,7-10,15H2,1-2H3,(H,29,31)(H2,28,30,33)/t16-,19+. The molecule has 1 aliphatic carbocycles. The van der Waals surface area contributed by atoms with Gasteiger partial charge in [0.05, 0.1) is 5.52 Å². The van der Waals surface area contributed by atoms with E-state index in [1.165, 1.54) is 0 Å². The van der Waals surface area contributed by atoms with E-state index in [0.717, 1.165) is 48.1 Å². The number of hydrogen-bond donors (Lipinski definition) is 3. The van der Waals surface area contributed by atoms with Crippen LogP contribution in [0, 0.1) is 5.92 Å². The highest BCUT2D eigenvalue weighted by atomic mass is 35.5. The first kappa shape index (κ1) is 23.5. The average molecular weight is 486 g/mol. The fourth-order valence-electron chi connectivity index (χ4n) is 4.36. The maximum absolute atomic E-state index is 12.2. The third kappa shape index (κ3) is 6.21. The topological polar surface area (TPSA) is 69.3 Å². The number of carbonyl (C=O) groups is 1. The third-order valence-corrected chi connectivity index (χ3v) is 6.48. The van der Waals surface area contributed by atoms with E-state index in [2.05, 4.69) is 53.1 Å². The van der Waals surface area contributed by atoms with Crippen LogP contribution < -0.4 is 20.9 Å². The summed E-state index contributed by atoms with van der Waals surface area (Å²) < 4.78 is 0. The van der Waals surface area contributed by atoms with Crippen molar-refractivity contribution in [1.82, 2.24) is 10.3 Å². The lowest BCUT2D eigenvalue weighted by Crippen LogP contribution is -2.36. The second kappa shape index (κ2) is 10.5. The predicted octanol–water partition coefficient (Wildman–Crippen LogP) is 6.40. The van der Waals surface area contributed by atoms with Gasteiger partial charge in [-0.05, 0) is 55.9 Å². The molecule has 33 heavy (non-hydrogen) atoms. The maximum Gasteiger partial charge on any atom is 0.319 e. The number of nitrogens with one attached hydrogen (secondary N) is 3. The molecule has 0 spiro atoms. The van der Waals surface area contributed by atoms with E-state index in [4.69, 9.17) is 28.2 Å². The fraction of sp³-hybridized carbons (Fsp3) is 0.360. The van der Waals surface area contributed by atoms with E-state index in [1.54, 1.807) is 18.2 Å². The first-order valence-corrected chi connectivity index (χ1v) is 12.0. The van der Waals surface area contributed by atoms with Crippen LogP contribution in [-0.4, -0.2) is 37.7 Å². The Balaban J connectivity index is 1.27. The molecule has 1 saturated carbocycles. The van der Waals surface area contributed by atoms with E-state index < -0.39 is 0 Å². The largest absolute Gasteiger partial charge is 0.377 e. The Labute approximate surface area is 204 Å². The molecule has 4 rings (SSSR count). The smallest absolute Gasteiger partial charge is 0.319 e. The minimum Gasteiger partial charge on any atom is -0.377 e. The maximum atomic E-state index is 12.2. The van der Waals surface area contributed by atoms with E-state index in [-0.39, 0.29) is 6.03 Å². The Morgan fingerprint density at radius 2 is 1.73 bits per heavy atom. The average Bonchev–Trinajstić information content (AvgIpc) is 2.77. The molecule has 1 aliphatic rings. The summed E-state index contributed by atoms with van der Waals surface area (Å²) in [6, 6.07) is 15.5. The lowest BCUT2D eigenvalue weighted by Gasteiger charge is -2.30. The van der Waals surface area contributed by atoms with Crippen LogP contribution in [0.2, 0.25) is 10.0 Å². The van der Waals surface area contributed by atoms with Crippen LogP contribution >= 0.6 is 23.2 Å². The zero-order chi connectivity index (χ0) is 23.4. The van der Waals surface area contributed by atoms with Crippen LogP contribution in [0.25, 0.3) is 10.9 Å². The second-order valence-corrected chi connectivity index (χ2v) is 9.67. The minimum atomic E-state index is -0.245. The van der Waals surface area contributed by atoms with Crippen molar-refractivity contribution in [2.24, 2.45) is 5.92 Å². The molecule has 0 radical (unpaired) electrons. The Morgan fingerprint density at radius 1 is 1.03 bits per heavy atom. The van der Waals surface area contributed by atoms with Gasteiger partial charge in [0.1, 0.15) is 5.82 Å². The van der Waals surface area contributed by atoms with Crippen LogP contribution in [0.5, 0.6) is 0 Å². The first-order chi connectivity index (χ1) is 15.9. The van der Waals surface area contributed by atoms with Gasteiger partial charge in [0.25, 0.3) is 0 Å². The number of fused-ring (bicyclic) bond motifs is 1. The van der Waals surface area contributed by atoms with Gasteiger partial charge in [-0.3, -0.25) is 0 Å². The van der Waals surface area contributed by atoms with Gasteiger partial charge in [0.2, 0.25) is 0 Å². The van der Waals surface area contributed by atoms with Crippen molar-refractivity contribution in [3.8, 4) is 0 Å². The van der Waals surface area contributed by atoms with Gasteiger partial charge < -0.3 is 20.9 Å². The molecule has 8 heteroatoms. The van der Waals surface area contributed by atoms with Crippen LogP contribution in [0.15, 0.2) is 48.5 Å². The van der Waals surface area contributed by atoms with Gasteiger partial charge >= 0.3 is 6.03 Å². The molecular weight excluding hydrogens is 457 g/mol. The lowest BCUT2D eigenvalue weighted by atomic mass is 9.86. The lowest BCUT2D eigenvalue weighted by molar-refractivity contribution is 0.246. The Kier molecular flexibility index (Phi) is 7.46. The van der Waals surface area contributed by atoms with Crippen LogP contribution in [0.3, 0.4) is 0 Å². The number of anilines is 3. The van der Waals surface area contributed by atoms with Gasteiger partial charge in [0, 0.05) is 59.6 Å². The van der Waals surface area contributed by atoms with E-state index in [0.29, 0.717) is 34.2 Å². The second-order valence-electron chi connectivity index (χ2n) is 8.79. The van der Waals surface area contributed by atoms with Gasteiger partial charge in [0.15, 0.2) is 0 Å². The number of para-hydroxylation sites is 1. The number of amides is 2. The monoisotopic (exact) mass is 485 g/mol. The molecule has 0 aliphatic heterocycles. The van der Waals surface area contributed by atoms with Crippen molar-refractivity contribution in [1.29, 1.82) is 0 Å². The normalized spacial score (nSPS) is 18.1. The summed E-state index contributed by atoms with van der Waals surface area (Å²) in [5.41, 5.74) is 2.74. The molecule has 0 unspecified atom stereocenters. The summed E-state index contributed by atoms with van der Waals surface area (Å²) in [6.45, 7) is 0.645. The molecule has 0 saturated heterocycles. The van der Waals surface area contributed by atoms with Crippen LogP contribution in [0.1, 0.15) is 25.7 Å². The molecule has 3 aromatic rings. The van der Waals surface area contributed by atoms with Gasteiger partial charge in [-0.15, -0.1) is 0 Å². The summed E-state index contributed by atoms with van der Waals surface area (Å²) in [4.78, 5) is 19.2. The van der Waals surface area contributed by atoms with Crippen molar-refractivity contribution in [3.05, 3.63) is 58.6 Å². The quantitative estimate of drug-likeness (QED) is 0.377. The van der Waals surface area contributed by atoms with E-state index >= 15 is 0 Å². The number of benzene rings is 2. The van der Waals surface area contributed by atoms with Crippen molar-refractivity contribution < 1.29 is 4.79 Å².